The van der Waals surface area contributed by atoms with Gasteiger partial charge >= 0.3 is 0 Å². The Kier molecular flexibility index (Phi) is 4.79. The molecule has 0 saturated heterocycles. The number of thiazole rings is 1. The summed E-state index contributed by atoms with van der Waals surface area (Å²) in [4.78, 5) is 23.8. The summed E-state index contributed by atoms with van der Waals surface area (Å²) in [5.41, 5.74) is 5.04. The lowest BCUT2D eigenvalue weighted by Gasteiger charge is -2.27. The SMILES string of the molecule is O=C(Nc1nccs1)c1c2c(nc3ccccc13)CC[NH+](Cc1ccccc1)C2. The van der Waals surface area contributed by atoms with Crippen LogP contribution in [0.4, 0.5) is 5.13 Å². The maximum absolute atomic E-state index is 13.3. The molecule has 2 aromatic heterocycles. The molecule has 6 heteroatoms. The Balaban J connectivity index is 1.54. The Morgan fingerprint density at radius 3 is 2.76 bits per heavy atom. The van der Waals surface area contributed by atoms with Crippen LogP contribution in [0.25, 0.3) is 10.9 Å². The molecule has 0 bridgehead atoms. The second kappa shape index (κ2) is 7.73. The van der Waals surface area contributed by atoms with Crippen LogP contribution in [0, 0.1) is 0 Å². The minimum atomic E-state index is -0.101. The lowest BCUT2D eigenvalue weighted by molar-refractivity contribution is -0.929. The van der Waals surface area contributed by atoms with E-state index < -0.39 is 0 Å². The lowest BCUT2D eigenvalue weighted by Crippen LogP contribution is -3.10. The van der Waals surface area contributed by atoms with E-state index in [0.717, 1.165) is 53.8 Å². The van der Waals surface area contributed by atoms with Crippen molar-refractivity contribution in [1.82, 2.24) is 9.97 Å². The number of carbonyl (C=O) groups is 1. The van der Waals surface area contributed by atoms with E-state index in [4.69, 9.17) is 4.98 Å². The zero-order valence-electron chi connectivity index (χ0n) is 15.9. The lowest BCUT2D eigenvalue weighted by atomic mass is 9.95. The molecule has 0 fully saturated rings. The summed E-state index contributed by atoms with van der Waals surface area (Å²) in [6, 6.07) is 18.4. The van der Waals surface area contributed by atoms with Crippen molar-refractivity contribution in [3.8, 4) is 0 Å². The van der Waals surface area contributed by atoms with Gasteiger partial charge in [-0.2, -0.15) is 0 Å². The summed E-state index contributed by atoms with van der Waals surface area (Å²) in [5, 5.41) is 6.36. The zero-order valence-corrected chi connectivity index (χ0v) is 16.7. The first-order valence-electron chi connectivity index (χ1n) is 9.77. The van der Waals surface area contributed by atoms with E-state index in [1.54, 1.807) is 6.20 Å². The molecule has 0 spiro atoms. The van der Waals surface area contributed by atoms with Crippen LogP contribution in [0.2, 0.25) is 0 Å². The predicted octanol–water partition coefficient (Wildman–Crippen LogP) is 3.08. The molecule has 5 nitrogen and oxygen atoms in total. The molecule has 1 aliphatic rings. The number of fused-ring (bicyclic) bond motifs is 2. The van der Waals surface area contributed by atoms with Crippen molar-refractivity contribution in [3.05, 3.63) is 88.6 Å². The number of anilines is 1. The van der Waals surface area contributed by atoms with Crippen molar-refractivity contribution in [1.29, 1.82) is 0 Å². The molecule has 0 radical (unpaired) electrons. The molecule has 1 atom stereocenters. The van der Waals surface area contributed by atoms with Crippen molar-refractivity contribution in [2.24, 2.45) is 0 Å². The maximum atomic E-state index is 13.3. The molecule has 3 heterocycles. The summed E-state index contributed by atoms with van der Waals surface area (Å²) in [7, 11) is 0. The molecule has 0 saturated carbocycles. The van der Waals surface area contributed by atoms with Crippen LogP contribution in [0.15, 0.2) is 66.2 Å². The van der Waals surface area contributed by atoms with Gasteiger partial charge in [0.1, 0.15) is 13.1 Å². The number of nitrogens with one attached hydrogen (secondary N) is 2. The number of rotatable bonds is 4. The standard InChI is InChI=1S/C23H20N4OS/c28-22(26-23-24-11-13-29-23)21-17-8-4-5-9-19(17)25-20-10-12-27(15-18(20)21)14-16-6-2-1-3-7-16/h1-9,11,13H,10,12,14-15H2,(H,24,26,28)/p+1. The summed E-state index contributed by atoms with van der Waals surface area (Å²) in [6.07, 6.45) is 2.58. The normalized spacial score (nSPS) is 15.8. The number of aromatic nitrogens is 2. The average molecular weight is 402 g/mol. The van der Waals surface area contributed by atoms with E-state index in [1.807, 2.05) is 35.7 Å². The number of amides is 1. The highest BCUT2D eigenvalue weighted by Gasteiger charge is 2.28. The van der Waals surface area contributed by atoms with Crippen molar-refractivity contribution in [2.75, 3.05) is 11.9 Å². The van der Waals surface area contributed by atoms with Gasteiger partial charge in [0, 0.05) is 34.5 Å². The van der Waals surface area contributed by atoms with Gasteiger partial charge in [0.05, 0.1) is 23.3 Å². The van der Waals surface area contributed by atoms with Gasteiger partial charge in [-0.1, -0.05) is 48.5 Å². The van der Waals surface area contributed by atoms with Gasteiger partial charge in [-0.3, -0.25) is 15.1 Å². The number of benzene rings is 2. The van der Waals surface area contributed by atoms with Crippen molar-refractivity contribution in [2.45, 2.75) is 19.5 Å². The fourth-order valence-electron chi connectivity index (χ4n) is 4.07. The van der Waals surface area contributed by atoms with E-state index in [1.165, 1.54) is 21.8 Å². The number of para-hydroxylation sites is 1. The van der Waals surface area contributed by atoms with Crippen molar-refractivity contribution in [3.63, 3.8) is 0 Å². The number of nitrogens with zero attached hydrogens (tertiary/aromatic N) is 2. The van der Waals surface area contributed by atoms with Gasteiger partial charge in [0.25, 0.3) is 5.91 Å². The summed E-state index contributed by atoms with van der Waals surface area (Å²) in [5.74, 6) is -0.101. The largest absolute Gasteiger partial charge is 0.327 e. The quantitative estimate of drug-likeness (QED) is 0.553. The number of hydrogen-bond acceptors (Lipinski definition) is 4. The number of pyridine rings is 1. The Labute approximate surface area is 173 Å². The first-order valence-corrected chi connectivity index (χ1v) is 10.6. The third-order valence-corrected chi connectivity index (χ3v) is 6.09. The second-order valence-electron chi connectivity index (χ2n) is 7.31. The smallest absolute Gasteiger partial charge is 0.258 e. The molecule has 2 N–H and O–H groups in total. The van der Waals surface area contributed by atoms with Crippen LogP contribution in [0.3, 0.4) is 0 Å². The molecule has 144 valence electrons. The Morgan fingerprint density at radius 1 is 1.10 bits per heavy atom. The molecule has 2 aromatic carbocycles. The number of carbonyl (C=O) groups excluding carboxylic acids is 1. The molecule has 1 amide bonds. The molecule has 0 aliphatic carbocycles. The predicted molar refractivity (Wildman–Crippen MR) is 115 cm³/mol. The van der Waals surface area contributed by atoms with Gasteiger partial charge in [-0.05, 0) is 6.07 Å². The minimum absolute atomic E-state index is 0.101. The second-order valence-corrected chi connectivity index (χ2v) is 8.20. The van der Waals surface area contributed by atoms with Crippen LogP contribution in [-0.4, -0.2) is 22.4 Å². The van der Waals surface area contributed by atoms with Gasteiger partial charge in [-0.15, -0.1) is 11.3 Å². The summed E-state index contributed by atoms with van der Waals surface area (Å²) >= 11 is 1.43. The Hall–Kier alpha value is -3.09. The molecule has 5 rings (SSSR count). The van der Waals surface area contributed by atoms with Gasteiger partial charge in [0.15, 0.2) is 5.13 Å². The van der Waals surface area contributed by atoms with E-state index in [2.05, 4.69) is 34.6 Å². The van der Waals surface area contributed by atoms with Gasteiger partial charge in [-0.25, -0.2) is 4.98 Å². The van der Waals surface area contributed by atoms with E-state index in [-0.39, 0.29) is 5.91 Å². The molecule has 29 heavy (non-hydrogen) atoms. The molecule has 1 aliphatic heterocycles. The summed E-state index contributed by atoms with van der Waals surface area (Å²) < 4.78 is 0. The average Bonchev–Trinajstić information content (AvgIpc) is 3.25. The van der Waals surface area contributed by atoms with Crippen LogP contribution >= 0.6 is 11.3 Å². The highest BCUT2D eigenvalue weighted by atomic mass is 32.1. The maximum Gasteiger partial charge on any atom is 0.258 e. The fourth-order valence-corrected chi connectivity index (χ4v) is 4.60. The first-order chi connectivity index (χ1) is 14.3. The van der Waals surface area contributed by atoms with Gasteiger partial charge < -0.3 is 4.90 Å². The third kappa shape index (κ3) is 3.64. The topological polar surface area (TPSA) is 59.3 Å². The summed E-state index contributed by atoms with van der Waals surface area (Å²) in [6.45, 7) is 2.75. The molecule has 1 unspecified atom stereocenters. The first kappa shape index (κ1) is 18.0. The number of quaternary nitrogens is 1. The van der Waals surface area contributed by atoms with Crippen molar-refractivity contribution >= 4 is 33.3 Å². The Bertz CT molecular complexity index is 1160. The van der Waals surface area contributed by atoms with Crippen LogP contribution in [-0.2, 0) is 19.5 Å². The van der Waals surface area contributed by atoms with Gasteiger partial charge in [0.2, 0.25) is 0 Å². The van der Waals surface area contributed by atoms with Crippen molar-refractivity contribution < 1.29 is 9.69 Å². The molecule has 4 aromatic rings. The number of hydrogen-bond donors (Lipinski definition) is 2. The molecular formula is C23H21N4OS+. The highest BCUT2D eigenvalue weighted by molar-refractivity contribution is 7.13. The van der Waals surface area contributed by atoms with E-state index in [0.29, 0.717) is 5.13 Å². The van der Waals surface area contributed by atoms with E-state index in [9.17, 15) is 4.79 Å². The van der Waals surface area contributed by atoms with E-state index >= 15 is 0 Å². The zero-order chi connectivity index (χ0) is 19.6. The third-order valence-electron chi connectivity index (χ3n) is 5.40. The fraction of sp³-hybridized carbons (Fsp3) is 0.174. The minimum Gasteiger partial charge on any atom is -0.327 e. The van der Waals surface area contributed by atoms with Crippen LogP contribution in [0.1, 0.15) is 27.2 Å². The van der Waals surface area contributed by atoms with Crippen LogP contribution < -0.4 is 10.2 Å². The highest BCUT2D eigenvalue weighted by Crippen LogP contribution is 2.26. The monoisotopic (exact) mass is 401 g/mol. The Morgan fingerprint density at radius 2 is 1.93 bits per heavy atom. The van der Waals surface area contributed by atoms with Crippen LogP contribution in [0.5, 0.6) is 0 Å². The molecular weight excluding hydrogens is 380 g/mol.